The number of benzene rings is 1. The van der Waals surface area contributed by atoms with Gasteiger partial charge in [0.15, 0.2) is 5.82 Å². The third-order valence-corrected chi connectivity index (χ3v) is 2.63. The van der Waals surface area contributed by atoms with E-state index >= 15 is 0 Å². The summed E-state index contributed by atoms with van der Waals surface area (Å²) >= 11 is 0. The maximum absolute atomic E-state index is 13.5. The molecule has 1 N–H and O–H groups in total. The van der Waals surface area contributed by atoms with E-state index < -0.39 is 11.6 Å². The van der Waals surface area contributed by atoms with Crippen LogP contribution in [0.25, 0.3) is 16.7 Å². The van der Waals surface area contributed by atoms with E-state index in [2.05, 4.69) is 10.2 Å². The largest absolute Gasteiger partial charge is 0.300 e. The number of fused-ring (bicyclic) bond motifs is 1. The van der Waals surface area contributed by atoms with Crippen LogP contribution in [0.2, 0.25) is 0 Å². The number of H-pyrrole nitrogens is 1. The monoisotopic (exact) mass is 247 g/mol. The molecule has 3 aromatic rings. The van der Waals surface area contributed by atoms with Crippen LogP contribution in [0.15, 0.2) is 41.3 Å². The lowest BCUT2D eigenvalue weighted by Gasteiger charge is -2.03. The van der Waals surface area contributed by atoms with Crippen LogP contribution in [0.1, 0.15) is 0 Å². The molecule has 0 atom stereocenters. The molecule has 0 unspecified atom stereocenters. The Kier molecular flexibility index (Phi) is 2.22. The first-order valence-corrected chi connectivity index (χ1v) is 5.17. The Bertz CT molecular complexity index is 771. The zero-order valence-corrected chi connectivity index (χ0v) is 9.02. The minimum absolute atomic E-state index is 0.296. The third-order valence-electron chi connectivity index (χ3n) is 2.63. The van der Waals surface area contributed by atoms with Crippen molar-refractivity contribution in [3.8, 4) is 5.82 Å². The molecule has 6 heteroatoms. The van der Waals surface area contributed by atoms with Gasteiger partial charge in [-0.25, -0.2) is 13.9 Å². The molecule has 0 aliphatic carbocycles. The average molecular weight is 247 g/mol. The third kappa shape index (κ3) is 1.58. The Balaban J connectivity index is 2.30. The van der Waals surface area contributed by atoms with Crippen molar-refractivity contribution in [2.75, 3.05) is 0 Å². The Morgan fingerprint density at radius 2 is 2.00 bits per heavy atom. The van der Waals surface area contributed by atoms with Crippen molar-refractivity contribution in [3.63, 3.8) is 0 Å². The van der Waals surface area contributed by atoms with Crippen LogP contribution >= 0.6 is 0 Å². The number of hydrogen-bond donors (Lipinski definition) is 1. The van der Waals surface area contributed by atoms with E-state index in [-0.39, 0.29) is 5.56 Å². The Morgan fingerprint density at radius 3 is 2.72 bits per heavy atom. The fraction of sp³-hybridized carbons (Fsp3) is 0. The van der Waals surface area contributed by atoms with Crippen LogP contribution in [0, 0.1) is 11.6 Å². The summed E-state index contributed by atoms with van der Waals surface area (Å²) in [5, 5.41) is 6.37. The summed E-state index contributed by atoms with van der Waals surface area (Å²) in [6, 6.07) is 6.33. The second-order valence-electron chi connectivity index (χ2n) is 3.79. The Labute approximate surface area is 99.5 Å². The number of hydrogen-bond acceptors (Lipinski definition) is 2. The van der Waals surface area contributed by atoms with Crippen LogP contribution in [0.5, 0.6) is 0 Å². The van der Waals surface area contributed by atoms with Crippen LogP contribution in [-0.4, -0.2) is 14.8 Å². The molecule has 0 aliphatic heterocycles. The SMILES string of the molecule is O=c1ccc(-n2ccc3c(F)cc(F)cc32)n[nH]1. The van der Waals surface area contributed by atoms with Gasteiger partial charge < -0.3 is 0 Å². The van der Waals surface area contributed by atoms with E-state index in [1.165, 1.54) is 28.8 Å². The standard InChI is InChI=1S/C12H7F2N3O/c13-7-5-9(14)8-3-4-17(10(8)6-7)11-1-2-12(18)16-15-11/h1-6H,(H,16,18). The predicted molar refractivity (Wildman–Crippen MR) is 61.6 cm³/mol. The van der Waals surface area contributed by atoms with Gasteiger partial charge in [-0.2, -0.15) is 5.10 Å². The van der Waals surface area contributed by atoms with Gasteiger partial charge in [0.25, 0.3) is 5.56 Å². The van der Waals surface area contributed by atoms with Crippen LogP contribution in [-0.2, 0) is 0 Å². The van der Waals surface area contributed by atoms with E-state index in [4.69, 9.17) is 0 Å². The molecule has 0 bridgehead atoms. The molecule has 0 amide bonds. The number of nitrogens with zero attached hydrogens (tertiary/aromatic N) is 2. The lowest BCUT2D eigenvalue weighted by atomic mass is 10.2. The summed E-state index contributed by atoms with van der Waals surface area (Å²) in [7, 11) is 0. The van der Waals surface area contributed by atoms with Gasteiger partial charge in [-0.3, -0.25) is 9.36 Å². The minimum atomic E-state index is -0.663. The molecule has 3 rings (SSSR count). The summed E-state index contributed by atoms with van der Waals surface area (Å²) in [6.07, 6.45) is 1.56. The first-order valence-electron chi connectivity index (χ1n) is 5.17. The van der Waals surface area contributed by atoms with Gasteiger partial charge in [0.1, 0.15) is 11.6 Å². The van der Waals surface area contributed by atoms with Gasteiger partial charge in [0.05, 0.1) is 5.52 Å². The summed E-state index contributed by atoms with van der Waals surface area (Å²) < 4.78 is 28.2. The van der Waals surface area contributed by atoms with Crippen LogP contribution in [0.3, 0.4) is 0 Å². The molecule has 1 aromatic carbocycles. The molecular weight excluding hydrogens is 240 g/mol. The van der Waals surface area contributed by atoms with E-state index in [1.54, 1.807) is 6.20 Å². The smallest absolute Gasteiger partial charge is 0.264 e. The number of halogens is 2. The zero-order valence-electron chi connectivity index (χ0n) is 9.02. The maximum atomic E-state index is 13.5. The van der Waals surface area contributed by atoms with Crippen LogP contribution < -0.4 is 5.56 Å². The molecule has 18 heavy (non-hydrogen) atoms. The molecule has 0 radical (unpaired) electrons. The van der Waals surface area contributed by atoms with Gasteiger partial charge in [-0.1, -0.05) is 0 Å². The molecule has 4 nitrogen and oxygen atoms in total. The molecular formula is C12H7F2N3O. The first kappa shape index (κ1) is 10.6. The number of nitrogens with one attached hydrogen (secondary N) is 1. The molecule has 0 saturated carbocycles. The van der Waals surface area contributed by atoms with Crippen molar-refractivity contribution in [1.29, 1.82) is 0 Å². The summed E-state index contributed by atoms with van der Waals surface area (Å²) in [4.78, 5) is 10.9. The van der Waals surface area contributed by atoms with Gasteiger partial charge >= 0.3 is 0 Å². The molecule has 0 fully saturated rings. The van der Waals surface area contributed by atoms with E-state index in [1.807, 2.05) is 0 Å². The zero-order chi connectivity index (χ0) is 12.7. The van der Waals surface area contributed by atoms with Crippen LogP contribution in [0.4, 0.5) is 8.78 Å². The summed E-state index contributed by atoms with van der Waals surface area (Å²) in [5.74, 6) is -0.910. The first-order chi connectivity index (χ1) is 8.65. The Hall–Kier alpha value is -2.50. The maximum Gasteiger partial charge on any atom is 0.264 e. The molecule has 2 aromatic heterocycles. The fourth-order valence-corrected chi connectivity index (χ4v) is 1.84. The van der Waals surface area contributed by atoms with Gasteiger partial charge in [0, 0.05) is 23.7 Å². The second-order valence-corrected chi connectivity index (χ2v) is 3.79. The van der Waals surface area contributed by atoms with Crippen molar-refractivity contribution in [1.82, 2.24) is 14.8 Å². The fourth-order valence-electron chi connectivity index (χ4n) is 1.84. The molecule has 90 valence electrons. The van der Waals surface area contributed by atoms with Crippen molar-refractivity contribution in [2.24, 2.45) is 0 Å². The summed E-state index contributed by atoms with van der Waals surface area (Å²) in [5.41, 5.74) is 0.0135. The molecule has 0 saturated heterocycles. The lowest BCUT2D eigenvalue weighted by Crippen LogP contribution is -2.08. The average Bonchev–Trinajstić information content (AvgIpc) is 2.74. The predicted octanol–water partition coefficient (Wildman–Crippen LogP) is 1.99. The van der Waals surface area contributed by atoms with Crippen molar-refractivity contribution in [2.45, 2.75) is 0 Å². The highest BCUT2D eigenvalue weighted by Gasteiger charge is 2.10. The number of aromatic amines is 1. The highest BCUT2D eigenvalue weighted by Crippen LogP contribution is 2.22. The molecule has 2 heterocycles. The molecule has 0 spiro atoms. The van der Waals surface area contributed by atoms with Crippen molar-refractivity contribution in [3.05, 3.63) is 58.5 Å². The minimum Gasteiger partial charge on any atom is -0.300 e. The summed E-state index contributed by atoms with van der Waals surface area (Å²) in [6.45, 7) is 0. The number of aromatic nitrogens is 3. The normalized spacial score (nSPS) is 11.0. The number of rotatable bonds is 1. The highest BCUT2D eigenvalue weighted by atomic mass is 19.1. The van der Waals surface area contributed by atoms with Gasteiger partial charge in [-0.05, 0) is 18.2 Å². The quantitative estimate of drug-likeness (QED) is 0.715. The highest BCUT2D eigenvalue weighted by molar-refractivity contribution is 5.82. The topological polar surface area (TPSA) is 50.7 Å². The van der Waals surface area contributed by atoms with E-state index in [0.29, 0.717) is 16.7 Å². The van der Waals surface area contributed by atoms with Crippen molar-refractivity contribution < 1.29 is 8.78 Å². The van der Waals surface area contributed by atoms with Gasteiger partial charge in [0.2, 0.25) is 0 Å². The lowest BCUT2D eigenvalue weighted by molar-refractivity contribution is 0.591. The Morgan fingerprint density at radius 1 is 1.17 bits per heavy atom. The second kappa shape index (κ2) is 3.76. The van der Waals surface area contributed by atoms with Gasteiger partial charge in [-0.15, -0.1) is 0 Å². The van der Waals surface area contributed by atoms with E-state index in [0.717, 1.165) is 6.07 Å². The van der Waals surface area contributed by atoms with E-state index in [9.17, 15) is 13.6 Å². The van der Waals surface area contributed by atoms with Crippen molar-refractivity contribution >= 4 is 10.9 Å². The molecule has 0 aliphatic rings.